The van der Waals surface area contributed by atoms with Crippen molar-refractivity contribution in [1.29, 1.82) is 0 Å². The van der Waals surface area contributed by atoms with Crippen LogP contribution in [0.25, 0.3) is 0 Å². The summed E-state index contributed by atoms with van der Waals surface area (Å²) >= 11 is 0. The maximum atomic E-state index is 13.0. The molecule has 0 unspecified atom stereocenters. The van der Waals surface area contributed by atoms with Crippen molar-refractivity contribution in [2.45, 2.75) is 31.5 Å². The Morgan fingerprint density at radius 3 is 2.52 bits per heavy atom. The van der Waals surface area contributed by atoms with E-state index in [1.807, 2.05) is 0 Å². The lowest BCUT2D eigenvalue weighted by Gasteiger charge is -2.43. The van der Waals surface area contributed by atoms with E-state index in [1.165, 1.54) is 17.3 Å². The highest BCUT2D eigenvalue weighted by Crippen LogP contribution is 2.43. The minimum atomic E-state index is -5.08. The number of nitrogens with one attached hydrogen (secondary N) is 1. The summed E-state index contributed by atoms with van der Waals surface area (Å²) in [6.07, 6.45) is 0.197. The molecule has 31 heavy (non-hydrogen) atoms. The number of aliphatic carboxylic acids is 1. The molecule has 2 fully saturated rings. The fraction of sp³-hybridized carbons (Fsp3) is 0.667. The summed E-state index contributed by atoms with van der Waals surface area (Å²) in [6, 6.07) is -0.0867. The molecule has 13 heteroatoms. The zero-order chi connectivity index (χ0) is 23.2. The van der Waals surface area contributed by atoms with Crippen molar-refractivity contribution >= 4 is 17.9 Å². The molecule has 174 valence electrons. The molecule has 2 atom stereocenters. The third-order valence-corrected chi connectivity index (χ3v) is 5.21. The highest BCUT2D eigenvalue weighted by Gasteiger charge is 2.48. The summed E-state index contributed by atoms with van der Waals surface area (Å²) < 4.78 is 50.7. The summed E-state index contributed by atoms with van der Waals surface area (Å²) in [7, 11) is 3.45. The van der Waals surface area contributed by atoms with E-state index in [4.69, 9.17) is 14.6 Å². The molecule has 0 spiro atoms. The van der Waals surface area contributed by atoms with Gasteiger partial charge in [0.15, 0.2) is 5.82 Å². The van der Waals surface area contributed by atoms with E-state index in [-0.39, 0.29) is 17.6 Å². The van der Waals surface area contributed by atoms with Crippen LogP contribution in [0.3, 0.4) is 0 Å². The summed E-state index contributed by atoms with van der Waals surface area (Å²) in [5.74, 6) is -2.63. The number of carbonyl (C=O) groups excluding carboxylic acids is 1. The number of aromatic nitrogens is 2. The van der Waals surface area contributed by atoms with Crippen LogP contribution in [0, 0.1) is 11.2 Å². The number of amides is 2. The molecule has 3 rings (SSSR count). The maximum Gasteiger partial charge on any atom is 0.490 e. The number of carbonyl (C=O) groups is 2. The number of carboxylic acids is 1. The first-order valence-electron chi connectivity index (χ1n) is 9.54. The minimum absolute atomic E-state index is 0.0183. The molecule has 1 aromatic heterocycles. The van der Waals surface area contributed by atoms with Crippen molar-refractivity contribution in [3.63, 3.8) is 0 Å². The number of nitrogens with zero attached hydrogens (tertiary/aromatic N) is 4. The minimum Gasteiger partial charge on any atom is -0.475 e. The Kier molecular flexibility index (Phi) is 7.98. The number of halogens is 4. The number of piperidine rings is 1. The Hall–Kier alpha value is -2.70. The van der Waals surface area contributed by atoms with Crippen LogP contribution in [-0.2, 0) is 9.53 Å². The third kappa shape index (κ3) is 6.64. The topological polar surface area (TPSA) is 108 Å². The van der Waals surface area contributed by atoms with Crippen LogP contribution < -0.4 is 10.2 Å². The molecule has 1 aromatic rings. The first-order chi connectivity index (χ1) is 14.4. The van der Waals surface area contributed by atoms with E-state index < -0.39 is 18.0 Å². The molecular formula is C18H25F4N5O4. The van der Waals surface area contributed by atoms with Crippen LogP contribution >= 0.6 is 0 Å². The molecule has 2 N–H and O–H groups in total. The Labute approximate surface area is 176 Å². The molecule has 2 aliphatic heterocycles. The summed E-state index contributed by atoms with van der Waals surface area (Å²) in [5.41, 5.74) is -0.0183. The first kappa shape index (κ1) is 24.6. The zero-order valence-corrected chi connectivity index (χ0v) is 17.2. The second-order valence-electron chi connectivity index (χ2n) is 7.56. The van der Waals surface area contributed by atoms with Crippen LogP contribution in [0.2, 0.25) is 0 Å². The van der Waals surface area contributed by atoms with Gasteiger partial charge in [0.2, 0.25) is 5.95 Å². The van der Waals surface area contributed by atoms with Gasteiger partial charge < -0.3 is 25.0 Å². The van der Waals surface area contributed by atoms with Gasteiger partial charge in [-0.1, -0.05) is 0 Å². The number of urea groups is 1. The molecule has 9 nitrogen and oxygen atoms in total. The highest BCUT2D eigenvalue weighted by molar-refractivity contribution is 5.73. The number of anilines is 1. The number of fused-ring (bicyclic) bond motifs is 1. The molecule has 2 aliphatic rings. The highest BCUT2D eigenvalue weighted by atomic mass is 19.4. The van der Waals surface area contributed by atoms with Gasteiger partial charge in [-0.05, 0) is 19.3 Å². The van der Waals surface area contributed by atoms with Gasteiger partial charge in [-0.25, -0.2) is 23.9 Å². The Balaban J connectivity index is 0.000000423. The molecular weight excluding hydrogens is 426 g/mol. The van der Waals surface area contributed by atoms with Crippen LogP contribution in [0.1, 0.15) is 19.3 Å². The molecule has 0 bridgehead atoms. The van der Waals surface area contributed by atoms with Gasteiger partial charge in [-0.15, -0.1) is 0 Å². The van der Waals surface area contributed by atoms with Crippen LogP contribution in [0.15, 0.2) is 12.4 Å². The standard InChI is InChI=1S/C16H24FN5O2.C2HF3O2/c1-21(2)15(23)18-6-4-16-5-8-24-13(16)3-7-22(11-16)14-19-9-12(17)10-20-14;3-2(4,5)1(6)7/h9-10,13H,3-8,11H2,1-2H3,(H,18,23);(H,6,7)/t13-,16+;/m1./s1. The lowest BCUT2D eigenvalue weighted by molar-refractivity contribution is -0.192. The van der Waals surface area contributed by atoms with Crippen LogP contribution in [0.4, 0.5) is 28.3 Å². The van der Waals surface area contributed by atoms with Gasteiger partial charge in [-0.2, -0.15) is 13.2 Å². The summed E-state index contributed by atoms with van der Waals surface area (Å²) in [4.78, 5) is 32.4. The molecule has 0 radical (unpaired) electrons. The lowest BCUT2D eigenvalue weighted by Crippen LogP contribution is -2.51. The van der Waals surface area contributed by atoms with Crippen molar-refractivity contribution < 1.29 is 37.0 Å². The number of rotatable bonds is 4. The Morgan fingerprint density at radius 2 is 1.97 bits per heavy atom. The zero-order valence-electron chi connectivity index (χ0n) is 17.2. The van der Waals surface area contributed by atoms with E-state index in [0.29, 0.717) is 12.5 Å². The van der Waals surface area contributed by atoms with Crippen molar-refractivity contribution in [2.75, 3.05) is 45.2 Å². The Bertz CT molecular complexity index is 762. The Morgan fingerprint density at radius 1 is 1.35 bits per heavy atom. The number of ether oxygens (including phenoxy) is 1. The molecule has 0 aliphatic carbocycles. The first-order valence-corrected chi connectivity index (χ1v) is 9.54. The van der Waals surface area contributed by atoms with Gasteiger partial charge in [0, 0.05) is 45.8 Å². The average molecular weight is 451 g/mol. The van der Waals surface area contributed by atoms with Crippen molar-refractivity contribution in [3.05, 3.63) is 18.2 Å². The van der Waals surface area contributed by atoms with Gasteiger partial charge >= 0.3 is 18.2 Å². The van der Waals surface area contributed by atoms with Gasteiger partial charge in [-0.3, -0.25) is 0 Å². The number of alkyl halides is 3. The maximum absolute atomic E-state index is 13.0. The molecule has 3 heterocycles. The van der Waals surface area contributed by atoms with E-state index in [1.54, 1.807) is 14.1 Å². The summed E-state index contributed by atoms with van der Waals surface area (Å²) in [6.45, 7) is 2.91. The van der Waals surface area contributed by atoms with Crippen molar-refractivity contribution in [1.82, 2.24) is 20.2 Å². The molecule has 2 saturated heterocycles. The number of carboxylic acid groups (broad SMARTS) is 1. The lowest BCUT2D eigenvalue weighted by atomic mass is 9.74. The smallest absolute Gasteiger partial charge is 0.475 e. The average Bonchev–Trinajstić information content (AvgIpc) is 3.11. The van der Waals surface area contributed by atoms with Gasteiger partial charge in [0.25, 0.3) is 0 Å². The van der Waals surface area contributed by atoms with Crippen molar-refractivity contribution in [3.8, 4) is 0 Å². The quantitative estimate of drug-likeness (QED) is 0.673. The second kappa shape index (κ2) is 10.1. The third-order valence-electron chi connectivity index (χ3n) is 5.21. The molecule has 0 saturated carbocycles. The normalized spacial score (nSPS) is 22.8. The van der Waals surface area contributed by atoms with E-state index in [0.717, 1.165) is 39.0 Å². The molecule has 0 aromatic carbocycles. The fourth-order valence-electron chi connectivity index (χ4n) is 3.63. The monoisotopic (exact) mass is 451 g/mol. The number of hydrogen-bond donors (Lipinski definition) is 2. The largest absolute Gasteiger partial charge is 0.490 e. The SMILES string of the molecule is CN(C)C(=O)NCC[C@@]12CCO[C@@H]1CCN(c1ncc(F)cn1)C2.O=C(O)C(F)(F)F. The fourth-order valence-corrected chi connectivity index (χ4v) is 3.63. The van der Waals surface area contributed by atoms with E-state index in [2.05, 4.69) is 20.2 Å². The van der Waals surface area contributed by atoms with E-state index in [9.17, 15) is 22.4 Å². The van der Waals surface area contributed by atoms with Crippen LogP contribution in [-0.4, -0.2) is 84.6 Å². The predicted octanol–water partition coefficient (Wildman–Crippen LogP) is 1.90. The molecule has 2 amide bonds. The predicted molar refractivity (Wildman–Crippen MR) is 101 cm³/mol. The number of hydrogen-bond acceptors (Lipinski definition) is 6. The van der Waals surface area contributed by atoms with E-state index >= 15 is 0 Å². The van der Waals surface area contributed by atoms with Crippen molar-refractivity contribution in [2.24, 2.45) is 5.41 Å². The van der Waals surface area contributed by atoms with Gasteiger partial charge in [0.1, 0.15) is 0 Å². The summed E-state index contributed by atoms with van der Waals surface area (Å²) in [5, 5.41) is 10.1. The van der Waals surface area contributed by atoms with Gasteiger partial charge in [0.05, 0.1) is 18.5 Å². The second-order valence-corrected chi connectivity index (χ2v) is 7.56. The van der Waals surface area contributed by atoms with Crippen LogP contribution in [0.5, 0.6) is 0 Å².